The van der Waals surface area contributed by atoms with Crippen molar-refractivity contribution in [1.29, 1.82) is 0 Å². The SMILES string of the molecule is CNC(C)c1csc(NS(=O)(=O)c2ccc(C)cc2C)n1. The van der Waals surface area contributed by atoms with E-state index in [1.807, 2.05) is 32.3 Å². The molecule has 0 aliphatic heterocycles. The highest BCUT2D eigenvalue weighted by Gasteiger charge is 2.19. The van der Waals surface area contributed by atoms with Crippen LogP contribution in [0.4, 0.5) is 5.13 Å². The fourth-order valence-electron chi connectivity index (χ4n) is 1.95. The van der Waals surface area contributed by atoms with Gasteiger partial charge in [0.05, 0.1) is 10.6 Å². The average Bonchev–Trinajstić information content (AvgIpc) is 2.85. The van der Waals surface area contributed by atoms with Gasteiger partial charge < -0.3 is 5.32 Å². The lowest BCUT2D eigenvalue weighted by Gasteiger charge is -2.09. The molecular formula is C14H19N3O2S2. The summed E-state index contributed by atoms with van der Waals surface area (Å²) in [7, 11) is -1.77. The molecule has 0 fully saturated rings. The number of sulfonamides is 1. The number of hydrogen-bond donors (Lipinski definition) is 2. The van der Waals surface area contributed by atoms with E-state index in [0.717, 1.165) is 16.8 Å². The normalized spacial score (nSPS) is 13.1. The van der Waals surface area contributed by atoms with Gasteiger partial charge in [0.2, 0.25) is 0 Å². The number of nitrogens with zero attached hydrogens (tertiary/aromatic N) is 1. The third-order valence-electron chi connectivity index (χ3n) is 3.24. The molecule has 2 aromatic rings. The molecule has 7 heteroatoms. The number of aromatic nitrogens is 1. The summed E-state index contributed by atoms with van der Waals surface area (Å²) in [6.45, 7) is 5.69. The lowest BCUT2D eigenvalue weighted by molar-refractivity contribution is 0.600. The van der Waals surface area contributed by atoms with Crippen LogP contribution in [0.25, 0.3) is 0 Å². The van der Waals surface area contributed by atoms with Crippen molar-refractivity contribution in [1.82, 2.24) is 10.3 Å². The van der Waals surface area contributed by atoms with Crippen LogP contribution in [0.15, 0.2) is 28.5 Å². The molecule has 2 rings (SSSR count). The largest absolute Gasteiger partial charge is 0.312 e. The number of thiazole rings is 1. The Labute approximate surface area is 129 Å². The van der Waals surface area contributed by atoms with E-state index in [4.69, 9.17) is 0 Å². The van der Waals surface area contributed by atoms with Crippen molar-refractivity contribution in [2.45, 2.75) is 31.7 Å². The summed E-state index contributed by atoms with van der Waals surface area (Å²) < 4.78 is 27.4. The minimum absolute atomic E-state index is 0.0839. The highest BCUT2D eigenvalue weighted by molar-refractivity contribution is 7.93. The molecule has 0 spiro atoms. The van der Waals surface area contributed by atoms with E-state index in [1.165, 1.54) is 11.3 Å². The molecule has 0 saturated heterocycles. The van der Waals surface area contributed by atoms with Crippen LogP contribution in [0, 0.1) is 13.8 Å². The molecular weight excluding hydrogens is 306 g/mol. The highest BCUT2D eigenvalue weighted by Crippen LogP contribution is 2.24. The van der Waals surface area contributed by atoms with Crippen LogP contribution in [0.3, 0.4) is 0 Å². The number of aryl methyl sites for hydroxylation is 2. The summed E-state index contributed by atoms with van der Waals surface area (Å²) in [6, 6.07) is 5.35. The lowest BCUT2D eigenvalue weighted by atomic mass is 10.2. The van der Waals surface area contributed by atoms with Crippen molar-refractivity contribution in [3.8, 4) is 0 Å². The van der Waals surface area contributed by atoms with Gasteiger partial charge in [0.25, 0.3) is 10.0 Å². The third kappa shape index (κ3) is 3.61. The number of benzene rings is 1. The minimum atomic E-state index is -3.60. The Balaban J connectivity index is 2.27. The molecule has 1 atom stereocenters. The molecule has 5 nitrogen and oxygen atoms in total. The maximum absolute atomic E-state index is 12.4. The second kappa shape index (κ2) is 6.13. The Morgan fingerprint density at radius 1 is 1.29 bits per heavy atom. The van der Waals surface area contributed by atoms with Gasteiger partial charge in [0, 0.05) is 11.4 Å². The number of nitrogens with one attached hydrogen (secondary N) is 2. The molecule has 0 bridgehead atoms. The van der Waals surface area contributed by atoms with E-state index in [9.17, 15) is 8.42 Å². The first-order valence-corrected chi connectivity index (χ1v) is 8.92. The van der Waals surface area contributed by atoms with Gasteiger partial charge in [-0.3, -0.25) is 4.72 Å². The number of hydrogen-bond acceptors (Lipinski definition) is 5. The minimum Gasteiger partial charge on any atom is -0.312 e. The maximum atomic E-state index is 12.4. The standard InChI is InChI=1S/C14H19N3O2S2/c1-9-5-6-13(10(2)7-9)21(18,19)17-14-16-12(8-20-14)11(3)15-4/h5-8,11,15H,1-4H3,(H,16,17). The predicted molar refractivity (Wildman–Crippen MR) is 86.3 cm³/mol. The fraction of sp³-hybridized carbons (Fsp3) is 0.357. The Morgan fingerprint density at radius 3 is 2.62 bits per heavy atom. The van der Waals surface area contributed by atoms with E-state index in [-0.39, 0.29) is 10.9 Å². The Morgan fingerprint density at radius 2 is 2.00 bits per heavy atom. The van der Waals surface area contributed by atoms with Gasteiger partial charge in [0.1, 0.15) is 0 Å². The Hall–Kier alpha value is -1.44. The summed E-state index contributed by atoms with van der Waals surface area (Å²) in [6.07, 6.45) is 0. The molecule has 0 amide bonds. The van der Waals surface area contributed by atoms with Crippen molar-refractivity contribution in [3.05, 3.63) is 40.4 Å². The number of rotatable bonds is 5. The molecule has 0 aliphatic carbocycles. The Kier molecular flexibility index (Phi) is 4.65. The van der Waals surface area contributed by atoms with Gasteiger partial charge in [-0.2, -0.15) is 0 Å². The van der Waals surface area contributed by atoms with Crippen molar-refractivity contribution < 1.29 is 8.42 Å². The van der Waals surface area contributed by atoms with Crippen molar-refractivity contribution in [2.75, 3.05) is 11.8 Å². The molecule has 21 heavy (non-hydrogen) atoms. The molecule has 114 valence electrons. The van der Waals surface area contributed by atoms with Crippen LogP contribution in [0.5, 0.6) is 0 Å². The second-order valence-corrected chi connectivity index (χ2v) is 7.47. The molecule has 0 saturated carbocycles. The average molecular weight is 325 g/mol. The predicted octanol–water partition coefficient (Wildman–Crippen LogP) is 2.84. The lowest BCUT2D eigenvalue weighted by Crippen LogP contribution is -2.15. The summed E-state index contributed by atoms with van der Waals surface area (Å²) in [5.74, 6) is 0. The van der Waals surface area contributed by atoms with E-state index < -0.39 is 10.0 Å². The monoisotopic (exact) mass is 325 g/mol. The molecule has 1 aromatic carbocycles. The van der Waals surface area contributed by atoms with Gasteiger partial charge in [-0.15, -0.1) is 11.3 Å². The Bertz CT molecular complexity index is 738. The van der Waals surface area contributed by atoms with Crippen LogP contribution >= 0.6 is 11.3 Å². The van der Waals surface area contributed by atoms with Crippen molar-refractivity contribution in [3.63, 3.8) is 0 Å². The molecule has 1 heterocycles. The zero-order valence-electron chi connectivity index (χ0n) is 12.5. The molecule has 0 radical (unpaired) electrons. The number of anilines is 1. The van der Waals surface area contributed by atoms with Crippen LogP contribution in [0.2, 0.25) is 0 Å². The highest BCUT2D eigenvalue weighted by atomic mass is 32.2. The topological polar surface area (TPSA) is 71.1 Å². The van der Waals surface area contributed by atoms with Crippen molar-refractivity contribution in [2.24, 2.45) is 0 Å². The molecule has 2 N–H and O–H groups in total. The van der Waals surface area contributed by atoms with Crippen LogP contribution in [-0.2, 0) is 10.0 Å². The first-order chi connectivity index (χ1) is 9.83. The quantitative estimate of drug-likeness (QED) is 0.887. The second-order valence-electron chi connectivity index (χ2n) is 4.96. The van der Waals surface area contributed by atoms with E-state index in [1.54, 1.807) is 19.1 Å². The smallest absolute Gasteiger partial charge is 0.263 e. The summed E-state index contributed by atoms with van der Waals surface area (Å²) in [5, 5.41) is 5.30. The maximum Gasteiger partial charge on any atom is 0.263 e. The third-order valence-corrected chi connectivity index (χ3v) is 5.64. The van der Waals surface area contributed by atoms with Gasteiger partial charge in [-0.25, -0.2) is 13.4 Å². The summed E-state index contributed by atoms with van der Waals surface area (Å²) in [4.78, 5) is 4.59. The zero-order valence-corrected chi connectivity index (χ0v) is 14.1. The van der Waals surface area contributed by atoms with E-state index in [0.29, 0.717) is 5.13 Å². The van der Waals surface area contributed by atoms with Crippen molar-refractivity contribution >= 4 is 26.5 Å². The van der Waals surface area contributed by atoms with Crippen LogP contribution < -0.4 is 10.0 Å². The van der Waals surface area contributed by atoms with Gasteiger partial charge in [-0.1, -0.05) is 17.7 Å². The summed E-state index contributed by atoms with van der Waals surface area (Å²) in [5.41, 5.74) is 2.58. The molecule has 1 unspecified atom stereocenters. The first kappa shape index (κ1) is 15.9. The van der Waals surface area contributed by atoms with Crippen LogP contribution in [0.1, 0.15) is 29.8 Å². The van der Waals surface area contributed by atoms with E-state index in [2.05, 4.69) is 15.0 Å². The van der Waals surface area contributed by atoms with E-state index >= 15 is 0 Å². The van der Waals surface area contributed by atoms with Gasteiger partial charge >= 0.3 is 0 Å². The summed E-state index contributed by atoms with van der Waals surface area (Å²) >= 11 is 1.28. The van der Waals surface area contributed by atoms with Crippen LogP contribution in [-0.4, -0.2) is 20.4 Å². The van der Waals surface area contributed by atoms with Gasteiger partial charge in [0.15, 0.2) is 5.13 Å². The van der Waals surface area contributed by atoms with Gasteiger partial charge in [-0.05, 0) is 39.4 Å². The first-order valence-electron chi connectivity index (χ1n) is 6.56. The zero-order chi connectivity index (χ0) is 15.6. The molecule has 1 aromatic heterocycles. The molecule has 0 aliphatic rings. The fourth-order valence-corrected chi connectivity index (χ4v) is 4.23.